The number of ether oxygens (including phenoxy) is 1. The molecule has 0 saturated heterocycles. The lowest BCUT2D eigenvalue weighted by Crippen LogP contribution is -2.38. The molecule has 2 aromatic carbocycles. The first kappa shape index (κ1) is 18.4. The molecule has 2 N–H and O–H groups in total. The van der Waals surface area contributed by atoms with Crippen LogP contribution in [-0.4, -0.2) is 32.0 Å². The van der Waals surface area contributed by atoms with E-state index >= 15 is 0 Å². The van der Waals surface area contributed by atoms with Crippen LogP contribution in [0.25, 0.3) is 0 Å². The van der Waals surface area contributed by atoms with Crippen molar-refractivity contribution in [2.75, 3.05) is 20.2 Å². The van der Waals surface area contributed by atoms with Crippen molar-refractivity contribution in [3.63, 3.8) is 0 Å². The van der Waals surface area contributed by atoms with E-state index in [2.05, 4.69) is 10.6 Å². The maximum atomic E-state index is 13.5. The molecule has 0 heterocycles. The highest BCUT2D eigenvalue weighted by atomic mass is 19.1. The third-order valence-electron chi connectivity index (χ3n) is 3.68. The molecule has 0 unspecified atom stereocenters. The van der Waals surface area contributed by atoms with Gasteiger partial charge in [0.15, 0.2) is 0 Å². The monoisotopic (exact) mass is 344 g/mol. The van der Waals surface area contributed by atoms with Gasteiger partial charge in [0.1, 0.15) is 11.6 Å². The number of hydrogen-bond donors (Lipinski definition) is 2. The van der Waals surface area contributed by atoms with E-state index in [1.165, 1.54) is 18.2 Å². The molecule has 2 amide bonds. The molecule has 0 aliphatic heterocycles. The summed E-state index contributed by atoms with van der Waals surface area (Å²) in [7, 11) is 1.60. The van der Waals surface area contributed by atoms with Crippen molar-refractivity contribution < 1.29 is 18.7 Å². The molecule has 0 fully saturated rings. The Hall–Kier alpha value is -2.89. The fourth-order valence-electron chi connectivity index (χ4n) is 2.40. The number of nitrogens with one attached hydrogen (secondary N) is 2. The Labute approximate surface area is 146 Å². The Morgan fingerprint density at radius 3 is 2.60 bits per heavy atom. The van der Waals surface area contributed by atoms with E-state index in [1.807, 2.05) is 25.1 Å². The van der Waals surface area contributed by atoms with Gasteiger partial charge in [0.2, 0.25) is 5.91 Å². The zero-order valence-corrected chi connectivity index (χ0v) is 14.3. The van der Waals surface area contributed by atoms with Gasteiger partial charge in [0, 0.05) is 6.54 Å². The lowest BCUT2D eigenvalue weighted by molar-refractivity contribution is -0.120. The topological polar surface area (TPSA) is 67.4 Å². The molecule has 6 heteroatoms. The molecule has 0 aromatic heterocycles. The van der Waals surface area contributed by atoms with Crippen LogP contribution < -0.4 is 15.4 Å². The summed E-state index contributed by atoms with van der Waals surface area (Å²) in [5.41, 5.74) is 2.03. The standard InChI is InChI=1S/C19H21FN2O3/c1-13-7-8-17(25-2)14(11-13)9-10-21-18(23)12-22-19(24)15-5-3-4-6-16(15)20/h3-8,11H,9-10,12H2,1-2H3,(H,21,23)(H,22,24). The zero-order chi connectivity index (χ0) is 18.2. The largest absolute Gasteiger partial charge is 0.496 e. The first-order valence-electron chi connectivity index (χ1n) is 7.94. The Kier molecular flexibility index (Phi) is 6.51. The number of halogens is 1. The second kappa shape index (κ2) is 8.82. The molecule has 0 aliphatic carbocycles. The molecule has 0 radical (unpaired) electrons. The van der Waals surface area contributed by atoms with Crippen LogP contribution in [0.5, 0.6) is 5.75 Å². The van der Waals surface area contributed by atoms with Gasteiger partial charge in [-0.15, -0.1) is 0 Å². The van der Waals surface area contributed by atoms with Crippen molar-refractivity contribution in [1.29, 1.82) is 0 Å². The number of methoxy groups -OCH3 is 1. The predicted molar refractivity (Wildman–Crippen MR) is 93.2 cm³/mol. The molecule has 2 aromatic rings. The molecule has 25 heavy (non-hydrogen) atoms. The second-order valence-electron chi connectivity index (χ2n) is 5.58. The average molecular weight is 344 g/mol. The van der Waals surface area contributed by atoms with Crippen LogP contribution in [0.1, 0.15) is 21.5 Å². The summed E-state index contributed by atoms with van der Waals surface area (Å²) >= 11 is 0. The normalized spacial score (nSPS) is 10.2. The minimum Gasteiger partial charge on any atom is -0.496 e. The SMILES string of the molecule is COc1ccc(C)cc1CCNC(=O)CNC(=O)c1ccccc1F. The molecule has 0 saturated carbocycles. The highest BCUT2D eigenvalue weighted by Gasteiger charge is 2.12. The Morgan fingerprint density at radius 1 is 1.12 bits per heavy atom. The first-order valence-corrected chi connectivity index (χ1v) is 7.94. The summed E-state index contributed by atoms with van der Waals surface area (Å²) < 4.78 is 18.8. The van der Waals surface area contributed by atoms with Crippen LogP contribution in [0, 0.1) is 12.7 Å². The minimum absolute atomic E-state index is 0.0835. The van der Waals surface area contributed by atoms with Crippen LogP contribution in [0.2, 0.25) is 0 Å². The van der Waals surface area contributed by atoms with Crippen LogP contribution >= 0.6 is 0 Å². The van der Waals surface area contributed by atoms with E-state index in [9.17, 15) is 14.0 Å². The Balaban J connectivity index is 1.79. The number of aryl methyl sites for hydroxylation is 1. The number of benzene rings is 2. The van der Waals surface area contributed by atoms with Gasteiger partial charge >= 0.3 is 0 Å². The summed E-state index contributed by atoms with van der Waals surface area (Å²) in [5, 5.41) is 5.12. The summed E-state index contributed by atoms with van der Waals surface area (Å²) in [4.78, 5) is 23.7. The quantitative estimate of drug-likeness (QED) is 0.809. The highest BCUT2D eigenvalue weighted by molar-refractivity contribution is 5.96. The second-order valence-corrected chi connectivity index (χ2v) is 5.58. The fourth-order valence-corrected chi connectivity index (χ4v) is 2.40. The number of carbonyl (C=O) groups excluding carboxylic acids is 2. The van der Waals surface area contributed by atoms with Crippen LogP contribution in [0.15, 0.2) is 42.5 Å². The van der Waals surface area contributed by atoms with E-state index in [1.54, 1.807) is 13.2 Å². The summed E-state index contributed by atoms with van der Waals surface area (Å²) in [6.07, 6.45) is 0.609. The van der Waals surface area contributed by atoms with Crippen molar-refractivity contribution in [3.8, 4) is 5.75 Å². The van der Waals surface area contributed by atoms with Crippen LogP contribution in [-0.2, 0) is 11.2 Å². The number of hydrogen-bond acceptors (Lipinski definition) is 3. The van der Waals surface area contributed by atoms with Crippen molar-refractivity contribution in [1.82, 2.24) is 10.6 Å². The lowest BCUT2D eigenvalue weighted by Gasteiger charge is -2.11. The van der Waals surface area contributed by atoms with E-state index in [-0.39, 0.29) is 18.0 Å². The van der Waals surface area contributed by atoms with Crippen LogP contribution in [0.4, 0.5) is 4.39 Å². The molecule has 132 valence electrons. The van der Waals surface area contributed by atoms with E-state index < -0.39 is 11.7 Å². The molecule has 0 aliphatic rings. The maximum Gasteiger partial charge on any atom is 0.254 e. The van der Waals surface area contributed by atoms with Gasteiger partial charge in [0.05, 0.1) is 19.2 Å². The van der Waals surface area contributed by atoms with Crippen molar-refractivity contribution >= 4 is 11.8 Å². The molecular weight excluding hydrogens is 323 g/mol. The molecular formula is C19H21FN2O3. The van der Waals surface area contributed by atoms with Gasteiger partial charge in [-0.2, -0.15) is 0 Å². The summed E-state index contributed by atoms with van der Waals surface area (Å²) in [5.74, 6) is -0.801. The summed E-state index contributed by atoms with van der Waals surface area (Å²) in [6, 6.07) is 11.5. The van der Waals surface area contributed by atoms with Gasteiger partial charge < -0.3 is 15.4 Å². The van der Waals surface area contributed by atoms with Gasteiger partial charge in [-0.05, 0) is 37.1 Å². The Bertz CT molecular complexity index is 762. The van der Waals surface area contributed by atoms with E-state index in [0.717, 1.165) is 16.9 Å². The number of amides is 2. The van der Waals surface area contributed by atoms with Gasteiger partial charge in [-0.25, -0.2) is 4.39 Å². The van der Waals surface area contributed by atoms with Crippen molar-refractivity contribution in [3.05, 3.63) is 65.0 Å². The van der Waals surface area contributed by atoms with Crippen molar-refractivity contribution in [2.45, 2.75) is 13.3 Å². The molecule has 2 rings (SSSR count). The molecule has 5 nitrogen and oxygen atoms in total. The van der Waals surface area contributed by atoms with E-state index in [4.69, 9.17) is 4.74 Å². The minimum atomic E-state index is -0.619. The van der Waals surface area contributed by atoms with Gasteiger partial charge in [-0.1, -0.05) is 29.8 Å². The number of carbonyl (C=O) groups is 2. The third-order valence-corrected chi connectivity index (χ3v) is 3.68. The smallest absolute Gasteiger partial charge is 0.254 e. The van der Waals surface area contributed by atoms with Gasteiger partial charge in [-0.3, -0.25) is 9.59 Å². The van der Waals surface area contributed by atoms with E-state index in [0.29, 0.717) is 13.0 Å². The fraction of sp³-hybridized carbons (Fsp3) is 0.263. The maximum absolute atomic E-state index is 13.5. The molecule has 0 bridgehead atoms. The highest BCUT2D eigenvalue weighted by Crippen LogP contribution is 2.19. The average Bonchev–Trinajstić information content (AvgIpc) is 2.60. The molecule has 0 spiro atoms. The van der Waals surface area contributed by atoms with Gasteiger partial charge in [0.25, 0.3) is 5.91 Å². The molecule has 0 atom stereocenters. The Morgan fingerprint density at radius 2 is 1.88 bits per heavy atom. The van der Waals surface area contributed by atoms with Crippen LogP contribution in [0.3, 0.4) is 0 Å². The lowest BCUT2D eigenvalue weighted by atomic mass is 10.1. The third kappa shape index (κ3) is 5.31. The predicted octanol–water partition coefficient (Wildman–Crippen LogP) is 2.23. The zero-order valence-electron chi connectivity index (χ0n) is 14.3. The summed E-state index contributed by atoms with van der Waals surface area (Å²) in [6.45, 7) is 2.19. The number of rotatable bonds is 7. The van der Waals surface area contributed by atoms with Crippen molar-refractivity contribution in [2.24, 2.45) is 0 Å². The first-order chi connectivity index (χ1) is 12.0.